The average Bonchev–Trinajstić information content (AvgIpc) is 3.79. The number of piperazine rings is 1. The topological polar surface area (TPSA) is 168 Å². The number of hydrogen-bond acceptors (Lipinski definition) is 14. The van der Waals surface area contributed by atoms with Gasteiger partial charge in [-0.3, -0.25) is 19.9 Å². The molecule has 2 fully saturated rings. The fourth-order valence-corrected chi connectivity index (χ4v) is 12.8. The summed E-state index contributed by atoms with van der Waals surface area (Å²) in [4.78, 5) is 36.2. The SMILES string of the molecule is COC[C@H]1Cc2c([nH]c3ccccc23)[C@@]2(CS[C@@H]3c4c(OC(C)=O)c(C)c5c(c4C(COC2=O)N2[C@@H]3C3c4c(cc(C)c(OC)c4O)CC2(C#N)CN3C)OCO5)N1. The first-order valence-corrected chi connectivity index (χ1v) is 20.6. The van der Waals surface area contributed by atoms with E-state index in [1.807, 2.05) is 45.2 Å². The van der Waals surface area contributed by atoms with Gasteiger partial charge in [0.1, 0.15) is 17.9 Å². The molecule has 4 unspecified atom stereocenters. The summed E-state index contributed by atoms with van der Waals surface area (Å²) in [6, 6.07) is 10.8. The largest absolute Gasteiger partial charge is 0.504 e. The van der Waals surface area contributed by atoms with Crippen molar-refractivity contribution in [2.75, 3.05) is 53.6 Å². The number of aromatic nitrogens is 1. The molecule has 0 saturated carbocycles. The van der Waals surface area contributed by atoms with Crippen molar-refractivity contribution in [1.29, 1.82) is 5.26 Å². The number of phenolic OH excluding ortho intramolecular Hbond substituents is 1. The molecule has 1 aromatic heterocycles. The van der Waals surface area contributed by atoms with Crippen molar-refractivity contribution in [3.05, 3.63) is 75.0 Å². The van der Waals surface area contributed by atoms with Crippen LogP contribution in [0.1, 0.15) is 68.9 Å². The van der Waals surface area contributed by atoms with Crippen molar-refractivity contribution in [3.63, 3.8) is 0 Å². The second-order valence-corrected chi connectivity index (χ2v) is 17.6. The molecule has 0 aliphatic carbocycles. The number of aryl methyl sites for hydroxylation is 1. The normalized spacial score (nSPS) is 30.5. The number of nitriles is 1. The molecule has 12 rings (SSSR count). The van der Waals surface area contributed by atoms with Gasteiger partial charge in [0.25, 0.3) is 0 Å². The first-order chi connectivity index (χ1) is 28.0. The molecular formula is C43H45N5O9S. The monoisotopic (exact) mass is 807 g/mol. The number of phenols is 1. The van der Waals surface area contributed by atoms with E-state index in [-0.39, 0.29) is 37.4 Å². The van der Waals surface area contributed by atoms with E-state index in [0.717, 1.165) is 38.9 Å². The van der Waals surface area contributed by atoms with E-state index in [9.17, 15) is 15.2 Å². The summed E-state index contributed by atoms with van der Waals surface area (Å²) in [6.45, 7) is 5.61. The molecule has 15 heteroatoms. The lowest BCUT2D eigenvalue weighted by atomic mass is 9.76. The van der Waals surface area contributed by atoms with Crippen molar-refractivity contribution in [1.82, 2.24) is 20.1 Å². The Morgan fingerprint density at radius 3 is 2.67 bits per heavy atom. The minimum absolute atomic E-state index is 0.0344. The number of carbonyl (C=O) groups is 2. The molecule has 4 aromatic rings. The third-order valence-corrected chi connectivity index (χ3v) is 14.6. The highest BCUT2D eigenvalue weighted by Crippen LogP contribution is 2.65. The molecule has 4 bridgehead atoms. The van der Waals surface area contributed by atoms with Crippen molar-refractivity contribution < 1.29 is 43.1 Å². The standard InChI is InChI=1S/C43H45N5O9S/c1-20-11-23-13-42(16-44)17-47(4)32(29(23)34(50)35(20)53-6)33-39-31-30(38-37(55-19-56-38)21(2)36(31)57-22(3)49)28(48(33)42)15-54-41(51)43(18-58-39)40-26(12-24(46-43)14-52-5)25-9-7-8-10-27(25)45-40/h7-11,24,28,32-33,39,45-46,50H,12-15,17-19H2,1-6H3/t24-,28?,32?,33-,39-,42?,43-/m1/s1. The van der Waals surface area contributed by atoms with Crippen LogP contribution < -0.4 is 24.3 Å². The zero-order valence-electron chi connectivity index (χ0n) is 33.2. The molecule has 302 valence electrons. The minimum atomic E-state index is -1.35. The zero-order valence-corrected chi connectivity index (χ0v) is 34.0. The average molecular weight is 808 g/mol. The first kappa shape index (κ1) is 37.3. The van der Waals surface area contributed by atoms with Gasteiger partial charge in [-0.2, -0.15) is 5.26 Å². The number of rotatable bonds is 4. The van der Waals surface area contributed by atoms with Crippen molar-refractivity contribution in [3.8, 4) is 34.8 Å². The van der Waals surface area contributed by atoms with E-state index in [1.54, 1.807) is 14.2 Å². The molecule has 9 heterocycles. The number of ether oxygens (including phenoxy) is 6. The highest BCUT2D eigenvalue weighted by Gasteiger charge is 2.64. The first-order valence-electron chi connectivity index (χ1n) is 19.6. The zero-order chi connectivity index (χ0) is 40.4. The Hall–Kier alpha value is -4.98. The van der Waals surface area contributed by atoms with Crippen LogP contribution in [0.5, 0.6) is 28.7 Å². The van der Waals surface area contributed by atoms with Crippen molar-refractivity contribution >= 4 is 34.6 Å². The molecule has 8 atom stereocenters. The van der Waals surface area contributed by atoms with Gasteiger partial charge >= 0.3 is 11.9 Å². The maximum absolute atomic E-state index is 15.2. The third kappa shape index (κ3) is 4.99. The molecular weight excluding hydrogens is 763 g/mol. The van der Waals surface area contributed by atoms with Crippen LogP contribution >= 0.6 is 11.8 Å². The molecule has 8 aliphatic rings. The lowest BCUT2D eigenvalue weighted by molar-refractivity contribution is -0.159. The van der Waals surface area contributed by atoms with E-state index in [2.05, 4.69) is 32.2 Å². The molecule has 2 saturated heterocycles. The van der Waals surface area contributed by atoms with Crippen molar-refractivity contribution in [2.45, 2.75) is 74.1 Å². The lowest BCUT2D eigenvalue weighted by Gasteiger charge is -2.60. The Bertz CT molecular complexity index is 2480. The van der Waals surface area contributed by atoms with E-state index < -0.39 is 46.4 Å². The number of aromatic hydroxyl groups is 1. The summed E-state index contributed by atoms with van der Waals surface area (Å²) in [5, 5.41) is 27.9. The van der Waals surface area contributed by atoms with Crippen LogP contribution in [0, 0.1) is 25.2 Å². The van der Waals surface area contributed by atoms with Gasteiger partial charge in [-0.1, -0.05) is 24.3 Å². The Balaban J connectivity index is 1.26. The molecule has 14 nitrogen and oxygen atoms in total. The molecule has 1 spiro atoms. The van der Waals surface area contributed by atoms with Gasteiger partial charge in [-0.15, -0.1) is 11.8 Å². The maximum atomic E-state index is 15.2. The fourth-order valence-electron chi connectivity index (χ4n) is 11.2. The number of hydrogen-bond donors (Lipinski definition) is 3. The van der Waals surface area contributed by atoms with Crippen LogP contribution in [0.4, 0.5) is 0 Å². The predicted octanol–water partition coefficient (Wildman–Crippen LogP) is 4.77. The van der Waals surface area contributed by atoms with Crippen LogP contribution in [-0.4, -0.2) is 103 Å². The Kier molecular flexibility index (Phi) is 8.53. The number of nitrogens with one attached hydrogen (secondary N) is 2. The number of H-pyrrole nitrogens is 1. The maximum Gasteiger partial charge on any atom is 0.333 e. The highest BCUT2D eigenvalue weighted by atomic mass is 32.2. The summed E-state index contributed by atoms with van der Waals surface area (Å²) >= 11 is 1.54. The summed E-state index contributed by atoms with van der Waals surface area (Å²) in [5.41, 5.74) is 4.45. The van der Waals surface area contributed by atoms with Gasteiger partial charge in [-0.25, -0.2) is 4.79 Å². The number of esters is 2. The number of thioether (sulfide) groups is 1. The molecule has 3 aromatic carbocycles. The number of methoxy groups -OCH3 is 2. The smallest absolute Gasteiger partial charge is 0.333 e. The molecule has 58 heavy (non-hydrogen) atoms. The second kappa shape index (κ2) is 13.3. The fraction of sp³-hybridized carbons (Fsp3) is 0.465. The summed E-state index contributed by atoms with van der Waals surface area (Å²) < 4.78 is 36.7. The van der Waals surface area contributed by atoms with Crippen LogP contribution in [0.2, 0.25) is 0 Å². The van der Waals surface area contributed by atoms with Crippen LogP contribution in [0.3, 0.4) is 0 Å². The second-order valence-electron chi connectivity index (χ2n) is 16.4. The lowest BCUT2D eigenvalue weighted by Crippen LogP contribution is -2.69. The van der Waals surface area contributed by atoms with Crippen LogP contribution in [-0.2, 0) is 37.4 Å². The quantitative estimate of drug-likeness (QED) is 0.191. The van der Waals surface area contributed by atoms with E-state index in [0.29, 0.717) is 59.3 Å². The van der Waals surface area contributed by atoms with E-state index in [4.69, 9.17) is 28.4 Å². The predicted molar refractivity (Wildman–Crippen MR) is 212 cm³/mol. The number of fused-ring (bicyclic) bond motifs is 8. The highest BCUT2D eigenvalue weighted by molar-refractivity contribution is 7.99. The summed E-state index contributed by atoms with van der Waals surface area (Å²) in [7, 11) is 5.19. The molecule has 0 radical (unpaired) electrons. The Labute approximate surface area is 339 Å². The Morgan fingerprint density at radius 1 is 1.12 bits per heavy atom. The van der Waals surface area contributed by atoms with Gasteiger partial charge < -0.3 is 38.5 Å². The van der Waals surface area contributed by atoms with Crippen molar-refractivity contribution in [2.24, 2.45) is 0 Å². The number of likely N-dealkylation sites (N-methyl/N-ethyl adjacent to an activating group) is 1. The molecule has 8 aliphatic heterocycles. The van der Waals surface area contributed by atoms with Gasteiger partial charge in [0.05, 0.1) is 42.8 Å². The van der Waals surface area contributed by atoms with E-state index >= 15 is 4.79 Å². The minimum Gasteiger partial charge on any atom is -0.504 e. The number of aromatic amines is 1. The third-order valence-electron chi connectivity index (χ3n) is 13.2. The van der Waals surface area contributed by atoms with Crippen LogP contribution in [0.25, 0.3) is 10.9 Å². The van der Waals surface area contributed by atoms with Gasteiger partial charge in [-0.05, 0) is 50.1 Å². The number of nitrogens with zero attached hydrogens (tertiary/aromatic N) is 3. The Morgan fingerprint density at radius 2 is 1.91 bits per heavy atom. The number of carbonyl (C=O) groups excluding carboxylic acids is 2. The number of para-hydroxylation sites is 1. The van der Waals surface area contributed by atoms with E-state index in [1.165, 1.54) is 18.7 Å². The molecule has 3 N–H and O–H groups in total. The van der Waals surface area contributed by atoms with Gasteiger partial charge in [0.2, 0.25) is 6.79 Å². The summed E-state index contributed by atoms with van der Waals surface area (Å²) in [6.07, 6.45) is 0.920. The van der Waals surface area contributed by atoms with Gasteiger partial charge in [0, 0.05) is 78.0 Å². The molecule has 0 amide bonds. The number of benzene rings is 3. The van der Waals surface area contributed by atoms with Crippen LogP contribution in [0.15, 0.2) is 30.3 Å². The summed E-state index contributed by atoms with van der Waals surface area (Å²) in [5.74, 6) is 0.929. The van der Waals surface area contributed by atoms with Gasteiger partial charge in [0.15, 0.2) is 28.5 Å².